The number of urea groups is 1. The normalized spacial score (nSPS) is 14.5. The van der Waals surface area contributed by atoms with Crippen LogP contribution in [0.25, 0.3) is 0 Å². The maximum Gasteiger partial charge on any atom is 0.355 e. The Morgan fingerprint density at radius 1 is 1.07 bits per heavy atom. The number of carbonyl (C=O) groups is 4. The van der Waals surface area contributed by atoms with Gasteiger partial charge in [0.05, 0.1) is 0 Å². The monoisotopic (exact) mass is 396 g/mol. The fourth-order valence-corrected chi connectivity index (χ4v) is 2.28. The Morgan fingerprint density at radius 3 is 2.32 bits per heavy atom. The summed E-state index contributed by atoms with van der Waals surface area (Å²) in [5.41, 5.74) is 4.15. The van der Waals surface area contributed by atoms with Crippen molar-refractivity contribution in [3.63, 3.8) is 0 Å². The molecular weight excluding hydrogens is 376 g/mol. The quantitative estimate of drug-likeness (QED) is 0.276. The Hall–Kier alpha value is -3.54. The van der Waals surface area contributed by atoms with Crippen molar-refractivity contribution in [1.29, 1.82) is 0 Å². The van der Waals surface area contributed by atoms with Gasteiger partial charge in [-0.2, -0.15) is 0 Å². The average Bonchev–Trinajstić information content (AvgIpc) is 2.69. The van der Waals surface area contributed by atoms with Crippen LogP contribution in [0.3, 0.4) is 0 Å². The fraction of sp³-hybridized carbons (Fsp3) is 0.375. The number of para-hydroxylation sites is 2. The van der Waals surface area contributed by atoms with Gasteiger partial charge in [-0.15, -0.1) is 0 Å². The van der Waals surface area contributed by atoms with Crippen LogP contribution < -0.4 is 25.6 Å². The van der Waals surface area contributed by atoms with E-state index in [9.17, 15) is 24.3 Å². The van der Waals surface area contributed by atoms with Crippen molar-refractivity contribution in [3.8, 4) is 11.5 Å². The minimum absolute atomic E-state index is 0.0474. The molecule has 0 aromatic heterocycles. The lowest BCUT2D eigenvalue weighted by Gasteiger charge is -2.27. The smallest absolute Gasteiger partial charge is 0.355 e. The Labute approximate surface area is 159 Å². The van der Waals surface area contributed by atoms with Crippen LogP contribution in [0.5, 0.6) is 11.5 Å². The van der Waals surface area contributed by atoms with Crippen molar-refractivity contribution in [2.45, 2.75) is 6.10 Å². The zero-order valence-electron chi connectivity index (χ0n) is 14.7. The first kappa shape index (κ1) is 20.8. The number of benzene rings is 1. The van der Waals surface area contributed by atoms with E-state index in [1.807, 2.05) is 5.43 Å². The van der Waals surface area contributed by atoms with Gasteiger partial charge in [0.25, 0.3) is 12.0 Å². The molecule has 1 aromatic carbocycles. The highest BCUT2D eigenvalue weighted by atomic mass is 16.6. The van der Waals surface area contributed by atoms with Gasteiger partial charge in [0.1, 0.15) is 0 Å². The number of hydrogen-bond acceptors (Lipinski definition) is 7. The summed E-state index contributed by atoms with van der Waals surface area (Å²) in [6, 6.07) is 5.12. The second-order valence-electron chi connectivity index (χ2n) is 5.62. The second kappa shape index (κ2) is 9.97. The van der Waals surface area contributed by atoms with E-state index in [0.29, 0.717) is 26.2 Å². The molecule has 12 nitrogen and oxygen atoms in total. The number of ether oxygens (including phenoxy) is 2. The lowest BCUT2D eigenvalue weighted by Crippen LogP contribution is -2.57. The van der Waals surface area contributed by atoms with E-state index in [2.05, 4.69) is 10.7 Å². The zero-order valence-corrected chi connectivity index (χ0v) is 14.7. The molecule has 0 saturated carbocycles. The highest BCUT2D eigenvalue weighted by Crippen LogP contribution is 2.27. The van der Waals surface area contributed by atoms with Crippen molar-refractivity contribution in [1.82, 2.24) is 21.1 Å². The molecule has 1 aliphatic rings. The first-order chi connectivity index (χ1) is 13.4. The van der Waals surface area contributed by atoms with Gasteiger partial charge in [0.2, 0.25) is 0 Å². The average molecular weight is 396 g/mol. The summed E-state index contributed by atoms with van der Waals surface area (Å²) < 4.78 is 10.2. The van der Waals surface area contributed by atoms with E-state index in [-0.39, 0.29) is 11.5 Å². The molecule has 1 fully saturated rings. The largest absolute Gasteiger partial charge is 0.479 e. The van der Waals surface area contributed by atoms with E-state index in [4.69, 9.17) is 14.6 Å². The van der Waals surface area contributed by atoms with Crippen LogP contribution >= 0.6 is 0 Å². The molecule has 0 bridgehead atoms. The molecule has 1 aromatic rings. The Balaban J connectivity index is 1.99. The number of hydrogen-bond donors (Lipinski definition) is 5. The number of amides is 3. The third-order valence-electron chi connectivity index (χ3n) is 3.60. The molecule has 28 heavy (non-hydrogen) atoms. The summed E-state index contributed by atoms with van der Waals surface area (Å²) in [6.07, 6.45) is -2.00. The summed E-state index contributed by atoms with van der Waals surface area (Å²) in [6.45, 7) is 1.42. The third kappa shape index (κ3) is 6.02. The van der Waals surface area contributed by atoms with Gasteiger partial charge < -0.3 is 29.9 Å². The summed E-state index contributed by atoms with van der Waals surface area (Å²) in [5.74, 6) is -4.16. The molecule has 0 spiro atoms. The van der Waals surface area contributed by atoms with Crippen LogP contribution in [0, 0.1) is 0 Å². The highest BCUT2D eigenvalue weighted by molar-refractivity contribution is 6.00. The van der Waals surface area contributed by atoms with Crippen LogP contribution in [0.1, 0.15) is 0 Å². The molecule has 3 amide bonds. The van der Waals surface area contributed by atoms with Crippen molar-refractivity contribution in [2.24, 2.45) is 0 Å². The number of hydrazine groups is 1. The van der Waals surface area contributed by atoms with Crippen LogP contribution in [0.2, 0.25) is 0 Å². The molecule has 1 unspecified atom stereocenters. The van der Waals surface area contributed by atoms with Crippen LogP contribution in [-0.2, 0) is 14.4 Å². The molecule has 1 saturated heterocycles. The molecule has 0 aliphatic carbocycles. The SMILES string of the molecule is O=C(O)COc1ccccc1OC(C(=O)O)C(=O)NNC(=O)N1CCNCC1. The predicted octanol–water partition coefficient (Wildman–Crippen LogP) is -1.37. The van der Waals surface area contributed by atoms with E-state index in [0.717, 1.165) is 0 Å². The zero-order chi connectivity index (χ0) is 20.5. The summed E-state index contributed by atoms with van der Waals surface area (Å²) in [7, 11) is 0. The van der Waals surface area contributed by atoms with Crippen molar-refractivity contribution >= 4 is 23.9 Å². The molecule has 1 aliphatic heterocycles. The number of aliphatic carboxylic acids is 2. The first-order valence-electron chi connectivity index (χ1n) is 8.27. The van der Waals surface area contributed by atoms with Gasteiger partial charge in [-0.05, 0) is 12.1 Å². The van der Waals surface area contributed by atoms with Crippen molar-refractivity contribution in [2.75, 3.05) is 32.8 Å². The molecule has 1 atom stereocenters. The van der Waals surface area contributed by atoms with Crippen LogP contribution in [0.15, 0.2) is 24.3 Å². The van der Waals surface area contributed by atoms with E-state index in [1.165, 1.54) is 29.2 Å². The van der Waals surface area contributed by atoms with Gasteiger partial charge in [0.15, 0.2) is 18.1 Å². The number of nitrogens with one attached hydrogen (secondary N) is 3. The van der Waals surface area contributed by atoms with Gasteiger partial charge in [-0.1, -0.05) is 12.1 Å². The van der Waals surface area contributed by atoms with E-state index < -0.39 is 36.6 Å². The fourth-order valence-electron chi connectivity index (χ4n) is 2.28. The molecule has 12 heteroatoms. The lowest BCUT2D eigenvalue weighted by molar-refractivity contribution is -0.151. The lowest BCUT2D eigenvalue weighted by atomic mass is 10.3. The Bertz CT molecular complexity index is 735. The number of piperazine rings is 1. The van der Waals surface area contributed by atoms with Gasteiger partial charge in [-0.3, -0.25) is 10.2 Å². The second-order valence-corrected chi connectivity index (χ2v) is 5.62. The van der Waals surface area contributed by atoms with Crippen molar-refractivity contribution < 1.29 is 38.9 Å². The van der Waals surface area contributed by atoms with E-state index in [1.54, 1.807) is 0 Å². The number of nitrogens with zero attached hydrogens (tertiary/aromatic N) is 1. The van der Waals surface area contributed by atoms with Crippen LogP contribution in [0.4, 0.5) is 4.79 Å². The predicted molar refractivity (Wildman–Crippen MR) is 92.7 cm³/mol. The molecule has 5 N–H and O–H groups in total. The first-order valence-corrected chi connectivity index (χ1v) is 8.27. The Morgan fingerprint density at radius 2 is 1.71 bits per heavy atom. The number of carbonyl (C=O) groups excluding carboxylic acids is 2. The summed E-state index contributed by atoms with van der Waals surface area (Å²) in [4.78, 5) is 47.6. The van der Waals surface area contributed by atoms with Gasteiger partial charge in [-0.25, -0.2) is 19.8 Å². The molecule has 0 radical (unpaired) electrons. The van der Waals surface area contributed by atoms with Gasteiger partial charge >= 0.3 is 18.0 Å². The molecule has 152 valence electrons. The van der Waals surface area contributed by atoms with Gasteiger partial charge in [0, 0.05) is 26.2 Å². The maximum atomic E-state index is 12.2. The number of rotatable bonds is 7. The standard InChI is InChI=1S/C16H20N4O8/c21-12(22)9-27-10-3-1-2-4-11(10)28-13(15(24)25)14(23)18-19-16(26)20-7-5-17-6-8-20/h1-4,13,17H,5-9H2,(H,18,23)(H,19,26)(H,21,22)(H,24,25). The van der Waals surface area contributed by atoms with E-state index >= 15 is 0 Å². The summed E-state index contributed by atoms with van der Waals surface area (Å²) >= 11 is 0. The third-order valence-corrected chi connectivity index (χ3v) is 3.60. The summed E-state index contributed by atoms with van der Waals surface area (Å²) in [5, 5.41) is 21.0. The Kier molecular flexibility index (Phi) is 7.39. The minimum atomic E-state index is -2.00. The highest BCUT2D eigenvalue weighted by Gasteiger charge is 2.30. The minimum Gasteiger partial charge on any atom is -0.479 e. The van der Waals surface area contributed by atoms with Crippen LogP contribution in [-0.4, -0.2) is 77.9 Å². The molecule has 2 rings (SSSR count). The topological polar surface area (TPSA) is 167 Å². The molecule has 1 heterocycles. The number of carboxylic acid groups (broad SMARTS) is 2. The number of carboxylic acids is 2. The molecular formula is C16H20N4O8. The van der Waals surface area contributed by atoms with Crippen molar-refractivity contribution in [3.05, 3.63) is 24.3 Å². The maximum absolute atomic E-state index is 12.2.